The number of aromatic nitrogens is 1. The molecular formula is C11H17N3O2. The van der Waals surface area contributed by atoms with Crippen molar-refractivity contribution in [3.8, 4) is 5.88 Å². The lowest BCUT2D eigenvalue weighted by atomic mass is 10.3. The minimum Gasteiger partial charge on any atom is -0.475 e. The van der Waals surface area contributed by atoms with Gasteiger partial charge < -0.3 is 15.2 Å². The highest BCUT2D eigenvalue weighted by atomic mass is 16.5. The van der Waals surface area contributed by atoms with Gasteiger partial charge >= 0.3 is 0 Å². The Morgan fingerprint density at radius 2 is 2.19 bits per heavy atom. The third kappa shape index (κ3) is 4.27. The number of nitrogens with two attached hydrogens (primary N) is 1. The molecule has 0 aromatic carbocycles. The van der Waals surface area contributed by atoms with E-state index in [0.29, 0.717) is 24.8 Å². The molecule has 1 aromatic rings. The summed E-state index contributed by atoms with van der Waals surface area (Å²) in [6, 6.07) is 5.14. The molecule has 0 spiro atoms. The van der Waals surface area contributed by atoms with Crippen LogP contribution < -0.4 is 10.5 Å². The standard InChI is InChI=1S/C11H17N3O2/c1-8(2)15-6-7-16-10-5-3-4-9(14-10)11(12)13/h3-5,8H,6-7H2,1-2H3,(H3,12,13). The summed E-state index contributed by atoms with van der Waals surface area (Å²) in [7, 11) is 0. The summed E-state index contributed by atoms with van der Waals surface area (Å²) in [6.07, 6.45) is 0.195. The number of amidine groups is 1. The lowest BCUT2D eigenvalue weighted by Crippen LogP contribution is -2.15. The molecule has 1 aromatic heterocycles. The van der Waals surface area contributed by atoms with Gasteiger partial charge in [0.1, 0.15) is 18.1 Å². The van der Waals surface area contributed by atoms with Crippen LogP contribution >= 0.6 is 0 Å². The van der Waals surface area contributed by atoms with Gasteiger partial charge in [-0.05, 0) is 19.9 Å². The first-order valence-electron chi connectivity index (χ1n) is 5.15. The Balaban J connectivity index is 2.42. The zero-order valence-electron chi connectivity index (χ0n) is 9.56. The minimum absolute atomic E-state index is 0.0659. The fourth-order valence-electron chi connectivity index (χ4n) is 1.08. The summed E-state index contributed by atoms with van der Waals surface area (Å²) in [4.78, 5) is 4.06. The predicted molar refractivity (Wildman–Crippen MR) is 61.8 cm³/mol. The zero-order valence-corrected chi connectivity index (χ0v) is 9.56. The number of ether oxygens (including phenoxy) is 2. The van der Waals surface area contributed by atoms with Crippen molar-refractivity contribution in [3.05, 3.63) is 23.9 Å². The Bertz CT molecular complexity index is 353. The normalized spacial score (nSPS) is 10.4. The van der Waals surface area contributed by atoms with Gasteiger partial charge in [0.05, 0.1) is 12.7 Å². The topological polar surface area (TPSA) is 81.2 Å². The van der Waals surface area contributed by atoms with Crippen LogP contribution in [0.2, 0.25) is 0 Å². The molecule has 0 unspecified atom stereocenters. The second kappa shape index (κ2) is 6.07. The fraction of sp³-hybridized carbons (Fsp3) is 0.455. The number of nitrogen functional groups attached to an aromatic ring is 1. The van der Waals surface area contributed by atoms with E-state index in [1.807, 2.05) is 13.8 Å². The number of hydrogen-bond donors (Lipinski definition) is 2. The maximum atomic E-state index is 7.24. The second-order valence-electron chi connectivity index (χ2n) is 3.54. The highest BCUT2D eigenvalue weighted by molar-refractivity contribution is 5.93. The van der Waals surface area contributed by atoms with Crippen LogP contribution in [0.5, 0.6) is 5.88 Å². The van der Waals surface area contributed by atoms with E-state index in [1.165, 1.54) is 0 Å². The number of pyridine rings is 1. The number of nitrogens with one attached hydrogen (secondary N) is 1. The molecule has 5 nitrogen and oxygen atoms in total. The molecule has 1 heterocycles. The van der Waals surface area contributed by atoms with Crippen LogP contribution in [0.15, 0.2) is 18.2 Å². The van der Waals surface area contributed by atoms with Crippen LogP contribution in [0.25, 0.3) is 0 Å². The fourth-order valence-corrected chi connectivity index (χ4v) is 1.08. The van der Waals surface area contributed by atoms with Gasteiger partial charge in [0, 0.05) is 6.07 Å². The van der Waals surface area contributed by atoms with E-state index in [1.54, 1.807) is 18.2 Å². The van der Waals surface area contributed by atoms with Gasteiger partial charge in [-0.3, -0.25) is 5.41 Å². The summed E-state index contributed by atoms with van der Waals surface area (Å²) < 4.78 is 10.7. The maximum Gasteiger partial charge on any atom is 0.213 e. The van der Waals surface area contributed by atoms with Crippen LogP contribution in [-0.4, -0.2) is 30.1 Å². The average Bonchev–Trinajstić information content (AvgIpc) is 2.24. The lowest BCUT2D eigenvalue weighted by Gasteiger charge is -2.09. The van der Waals surface area contributed by atoms with Gasteiger partial charge in [-0.25, -0.2) is 4.98 Å². The summed E-state index contributed by atoms with van der Waals surface area (Å²) in [5.74, 6) is 0.393. The van der Waals surface area contributed by atoms with E-state index in [-0.39, 0.29) is 11.9 Å². The molecule has 5 heteroatoms. The molecule has 0 radical (unpaired) electrons. The SMILES string of the molecule is CC(C)OCCOc1cccc(C(=N)N)n1. The zero-order chi connectivity index (χ0) is 12.0. The number of hydrogen-bond acceptors (Lipinski definition) is 4. The van der Waals surface area contributed by atoms with Crippen molar-refractivity contribution < 1.29 is 9.47 Å². The number of nitrogens with zero attached hydrogens (tertiary/aromatic N) is 1. The summed E-state index contributed by atoms with van der Waals surface area (Å²) in [5.41, 5.74) is 5.74. The molecule has 0 saturated carbocycles. The van der Waals surface area contributed by atoms with E-state index in [4.69, 9.17) is 20.6 Å². The van der Waals surface area contributed by atoms with E-state index in [9.17, 15) is 0 Å². The Morgan fingerprint density at radius 3 is 2.81 bits per heavy atom. The summed E-state index contributed by atoms with van der Waals surface area (Å²) in [5, 5.41) is 7.24. The van der Waals surface area contributed by atoms with Crippen molar-refractivity contribution in [3.63, 3.8) is 0 Å². The maximum absolute atomic E-state index is 7.24. The van der Waals surface area contributed by atoms with Crippen molar-refractivity contribution in [1.82, 2.24) is 4.98 Å². The van der Waals surface area contributed by atoms with Crippen molar-refractivity contribution in [2.45, 2.75) is 20.0 Å². The quantitative estimate of drug-likeness (QED) is 0.431. The molecule has 0 aliphatic rings. The Hall–Kier alpha value is -1.62. The molecule has 16 heavy (non-hydrogen) atoms. The summed E-state index contributed by atoms with van der Waals surface area (Å²) in [6.45, 7) is 4.89. The minimum atomic E-state index is -0.0659. The van der Waals surface area contributed by atoms with Gasteiger partial charge in [0.25, 0.3) is 0 Å². The van der Waals surface area contributed by atoms with Gasteiger partial charge in [-0.1, -0.05) is 6.07 Å². The molecule has 0 aliphatic heterocycles. The van der Waals surface area contributed by atoms with Crippen molar-refractivity contribution in [2.24, 2.45) is 5.73 Å². The molecule has 0 bridgehead atoms. The van der Waals surface area contributed by atoms with E-state index >= 15 is 0 Å². The first-order chi connectivity index (χ1) is 7.59. The van der Waals surface area contributed by atoms with E-state index < -0.39 is 0 Å². The predicted octanol–water partition coefficient (Wildman–Crippen LogP) is 1.17. The highest BCUT2D eigenvalue weighted by Crippen LogP contribution is 2.06. The Kier molecular flexibility index (Phi) is 4.72. The van der Waals surface area contributed by atoms with E-state index in [0.717, 1.165) is 0 Å². The van der Waals surface area contributed by atoms with Crippen molar-refractivity contribution in [2.75, 3.05) is 13.2 Å². The van der Waals surface area contributed by atoms with Crippen LogP contribution in [0.4, 0.5) is 0 Å². The van der Waals surface area contributed by atoms with Crippen LogP contribution in [0.3, 0.4) is 0 Å². The largest absolute Gasteiger partial charge is 0.475 e. The highest BCUT2D eigenvalue weighted by Gasteiger charge is 2.01. The molecule has 0 amide bonds. The van der Waals surface area contributed by atoms with Crippen molar-refractivity contribution >= 4 is 5.84 Å². The average molecular weight is 223 g/mol. The first-order valence-corrected chi connectivity index (χ1v) is 5.15. The molecule has 0 atom stereocenters. The Morgan fingerprint density at radius 1 is 1.44 bits per heavy atom. The third-order valence-corrected chi connectivity index (χ3v) is 1.78. The molecule has 0 fully saturated rings. The second-order valence-corrected chi connectivity index (χ2v) is 3.54. The van der Waals surface area contributed by atoms with Gasteiger partial charge in [0.15, 0.2) is 0 Å². The molecule has 1 rings (SSSR count). The lowest BCUT2D eigenvalue weighted by molar-refractivity contribution is 0.0542. The third-order valence-electron chi connectivity index (χ3n) is 1.78. The molecule has 0 aliphatic carbocycles. The van der Waals surface area contributed by atoms with Gasteiger partial charge in [0.2, 0.25) is 5.88 Å². The van der Waals surface area contributed by atoms with Crippen molar-refractivity contribution in [1.29, 1.82) is 5.41 Å². The van der Waals surface area contributed by atoms with Crippen LogP contribution in [0, 0.1) is 5.41 Å². The monoisotopic (exact) mass is 223 g/mol. The molecule has 3 N–H and O–H groups in total. The molecular weight excluding hydrogens is 206 g/mol. The Labute approximate surface area is 95.1 Å². The molecule has 0 saturated heterocycles. The van der Waals surface area contributed by atoms with Gasteiger partial charge in [-0.2, -0.15) is 0 Å². The van der Waals surface area contributed by atoms with Crippen LogP contribution in [-0.2, 0) is 4.74 Å². The van der Waals surface area contributed by atoms with Crippen LogP contribution in [0.1, 0.15) is 19.5 Å². The first kappa shape index (κ1) is 12.4. The summed E-state index contributed by atoms with van der Waals surface area (Å²) >= 11 is 0. The van der Waals surface area contributed by atoms with Gasteiger partial charge in [-0.15, -0.1) is 0 Å². The number of rotatable bonds is 6. The molecule has 88 valence electrons. The smallest absolute Gasteiger partial charge is 0.213 e. The van der Waals surface area contributed by atoms with E-state index in [2.05, 4.69) is 4.98 Å².